The summed E-state index contributed by atoms with van der Waals surface area (Å²) >= 11 is 0. The predicted octanol–water partition coefficient (Wildman–Crippen LogP) is 14.1. The van der Waals surface area contributed by atoms with Gasteiger partial charge in [0.1, 0.15) is 0 Å². The fourth-order valence-corrected chi connectivity index (χ4v) is 7.28. The SMILES string of the molecule is [2H]c1cc2c([2H])c([2H])c3c([2H])c([2H])c(-c4cc(-c5ccccc5)cc(-c5ccccc5-c5c([2H])c([2H])c6c([2H])c([2H])c7c([2H])c([2H])c([2H])c8c([2H])c([2H])c5c6c78)c4)c4c([2H])c([2H])c(c1[2H])c2c34. The number of hydrogen-bond acceptors (Lipinski definition) is 0. The van der Waals surface area contributed by atoms with Crippen molar-refractivity contribution < 1.29 is 23.3 Å². The second-order valence-corrected chi connectivity index (χ2v) is 12.3. The molecule has 0 saturated carbocycles. The van der Waals surface area contributed by atoms with Crippen molar-refractivity contribution in [3.05, 3.63) is 182 Å². The molecule has 0 N–H and O–H groups in total. The van der Waals surface area contributed by atoms with Crippen LogP contribution in [-0.2, 0) is 0 Å². The largest absolute Gasteiger partial charge is 0.0630 e. The fourth-order valence-electron chi connectivity index (χ4n) is 7.28. The first-order valence-electron chi connectivity index (χ1n) is 24.5. The average Bonchev–Trinajstić information content (AvgIpc) is 3.32. The normalized spacial score (nSPS) is 16.8. The molecule has 11 aromatic rings. The van der Waals surface area contributed by atoms with Gasteiger partial charge in [-0.1, -0.05) is 163 Å². The Bertz CT molecular complexity index is 4030. The van der Waals surface area contributed by atoms with Gasteiger partial charge >= 0.3 is 0 Å². The summed E-state index contributed by atoms with van der Waals surface area (Å²) in [6.45, 7) is 0. The summed E-state index contributed by atoms with van der Waals surface area (Å²) in [6, 6.07) is 15.4. The van der Waals surface area contributed by atoms with Gasteiger partial charge in [-0.15, -0.1) is 0 Å². The van der Waals surface area contributed by atoms with Crippen LogP contribution in [0.15, 0.2) is 182 Å². The van der Waals surface area contributed by atoms with Crippen LogP contribution in [0.3, 0.4) is 0 Å². The fraction of sp³-hybridized carbons (Fsp3) is 0. The Kier molecular flexibility index (Phi) is 3.32. The van der Waals surface area contributed by atoms with Crippen LogP contribution in [0.5, 0.6) is 0 Å². The van der Waals surface area contributed by atoms with Crippen LogP contribution >= 0.6 is 0 Å². The Balaban J connectivity index is 1.29. The van der Waals surface area contributed by atoms with Gasteiger partial charge in [-0.2, -0.15) is 0 Å². The maximum absolute atomic E-state index is 9.56. The zero-order valence-corrected chi connectivity index (χ0v) is 26.0. The molecular formula is C50H30. The van der Waals surface area contributed by atoms with Gasteiger partial charge in [0, 0.05) is 0 Å². The third-order valence-corrected chi connectivity index (χ3v) is 9.53. The third-order valence-electron chi connectivity index (χ3n) is 9.53. The van der Waals surface area contributed by atoms with Gasteiger partial charge in [-0.25, -0.2) is 0 Å². The zero-order valence-electron chi connectivity index (χ0n) is 43.0. The van der Waals surface area contributed by atoms with Crippen LogP contribution in [-0.4, -0.2) is 0 Å². The van der Waals surface area contributed by atoms with Crippen molar-refractivity contribution in [2.24, 2.45) is 0 Å². The van der Waals surface area contributed by atoms with E-state index < -0.39 is 78.6 Å². The molecule has 0 aromatic heterocycles. The lowest BCUT2D eigenvalue weighted by Crippen LogP contribution is -1.92. The van der Waals surface area contributed by atoms with E-state index in [1.807, 2.05) is 36.4 Å². The lowest BCUT2D eigenvalue weighted by Gasteiger charge is -2.18. The standard InChI is InChI=1S/C50H30/c1-2-8-31(9-3-1)38-28-39(30-40(29-38)42-24-20-36-18-16-32-10-6-12-34-22-26-45(42)49(36)47(32)34)41-14-4-5-15-43(41)44-25-21-37-19-17-33-11-7-13-35-23-27-46(44)50(37)48(33)35/h1-30H/i6D,7D,11D,12D,13D,16D,17D,18D,19D,20D,21D,22D,23D,24D,25D,26D,27D. The van der Waals surface area contributed by atoms with E-state index in [2.05, 4.69) is 0 Å². The summed E-state index contributed by atoms with van der Waals surface area (Å²) in [4.78, 5) is 0. The predicted molar refractivity (Wildman–Crippen MR) is 216 cm³/mol. The molecule has 0 heteroatoms. The molecule has 0 nitrogen and oxygen atoms in total. The molecule has 11 aromatic carbocycles. The molecule has 0 radical (unpaired) electrons. The van der Waals surface area contributed by atoms with Crippen LogP contribution in [0.4, 0.5) is 0 Å². The molecule has 0 spiro atoms. The summed E-state index contributed by atoms with van der Waals surface area (Å²) < 4.78 is 154. The van der Waals surface area contributed by atoms with Crippen LogP contribution in [0.25, 0.3) is 109 Å². The Hall–Kier alpha value is -6.50. The highest BCUT2D eigenvalue weighted by Crippen LogP contribution is 2.45. The van der Waals surface area contributed by atoms with Gasteiger partial charge in [0.2, 0.25) is 0 Å². The smallest absolute Gasteiger partial charge is 0.0622 e. The summed E-state index contributed by atoms with van der Waals surface area (Å²) in [5.74, 6) is 0. The minimum atomic E-state index is -0.572. The van der Waals surface area contributed by atoms with E-state index in [0.717, 1.165) is 5.56 Å². The molecule has 0 bridgehead atoms. The Morgan fingerprint density at radius 1 is 0.280 bits per heavy atom. The van der Waals surface area contributed by atoms with Crippen LogP contribution in [0.1, 0.15) is 23.3 Å². The lowest BCUT2D eigenvalue weighted by atomic mass is 9.85. The van der Waals surface area contributed by atoms with E-state index in [9.17, 15) is 11.0 Å². The van der Waals surface area contributed by atoms with Crippen LogP contribution in [0.2, 0.25) is 0 Å². The molecule has 0 saturated heterocycles. The lowest BCUT2D eigenvalue weighted by molar-refractivity contribution is 1.57. The van der Waals surface area contributed by atoms with E-state index in [1.165, 1.54) is 6.07 Å². The van der Waals surface area contributed by atoms with Gasteiger partial charge in [0.05, 0.1) is 23.3 Å². The highest BCUT2D eigenvalue weighted by Gasteiger charge is 2.18. The highest BCUT2D eigenvalue weighted by atomic mass is 14.2. The molecule has 0 amide bonds. The molecule has 0 aliphatic carbocycles. The van der Waals surface area contributed by atoms with Crippen molar-refractivity contribution >= 4 is 64.6 Å². The first-order chi connectivity index (χ1) is 31.9. The average molecular weight is 648 g/mol. The van der Waals surface area contributed by atoms with Crippen molar-refractivity contribution in [1.29, 1.82) is 0 Å². The quantitative estimate of drug-likeness (QED) is 0.167. The summed E-state index contributed by atoms with van der Waals surface area (Å²) in [5.41, 5.74) is 2.97. The van der Waals surface area contributed by atoms with E-state index in [4.69, 9.17) is 12.3 Å². The summed E-state index contributed by atoms with van der Waals surface area (Å²) in [5, 5.41) is -0.102. The van der Waals surface area contributed by atoms with Gasteiger partial charge in [0.25, 0.3) is 0 Å². The molecular weight excluding hydrogens is 601 g/mol. The molecule has 0 heterocycles. The molecule has 50 heavy (non-hydrogen) atoms. The second-order valence-electron chi connectivity index (χ2n) is 12.3. The first-order valence-corrected chi connectivity index (χ1v) is 16.0. The number of benzene rings is 11. The molecule has 11 rings (SSSR count). The van der Waals surface area contributed by atoms with Crippen LogP contribution < -0.4 is 0 Å². The maximum Gasteiger partial charge on any atom is 0.0630 e. The summed E-state index contributed by atoms with van der Waals surface area (Å²) in [7, 11) is 0. The van der Waals surface area contributed by atoms with E-state index >= 15 is 0 Å². The zero-order chi connectivity index (χ0) is 47.6. The monoisotopic (exact) mass is 647 g/mol. The first kappa shape index (κ1) is 15.8. The van der Waals surface area contributed by atoms with Gasteiger partial charge in [-0.3, -0.25) is 0 Å². The van der Waals surface area contributed by atoms with E-state index in [-0.39, 0.29) is 99.9 Å². The Labute approximate surface area is 314 Å². The molecule has 0 fully saturated rings. The van der Waals surface area contributed by atoms with Crippen molar-refractivity contribution in [2.75, 3.05) is 0 Å². The maximum atomic E-state index is 9.56. The molecule has 0 unspecified atom stereocenters. The molecule has 0 atom stereocenters. The van der Waals surface area contributed by atoms with Gasteiger partial charge in [-0.05, 0) is 127 Å². The third kappa shape index (κ3) is 4.00. The molecule has 0 aliphatic heterocycles. The number of hydrogen-bond donors (Lipinski definition) is 0. The summed E-state index contributed by atoms with van der Waals surface area (Å²) in [6.07, 6.45) is 0. The van der Waals surface area contributed by atoms with E-state index in [1.54, 1.807) is 36.4 Å². The van der Waals surface area contributed by atoms with Crippen molar-refractivity contribution in [3.63, 3.8) is 0 Å². The van der Waals surface area contributed by atoms with Gasteiger partial charge in [0.15, 0.2) is 0 Å². The molecule has 0 aliphatic rings. The van der Waals surface area contributed by atoms with Crippen LogP contribution in [0, 0.1) is 0 Å². The molecule has 230 valence electrons. The van der Waals surface area contributed by atoms with Crippen molar-refractivity contribution in [1.82, 2.24) is 0 Å². The van der Waals surface area contributed by atoms with Crippen molar-refractivity contribution in [2.45, 2.75) is 0 Å². The van der Waals surface area contributed by atoms with E-state index in [0.29, 0.717) is 27.8 Å². The highest BCUT2D eigenvalue weighted by molar-refractivity contribution is 6.27. The Morgan fingerprint density at radius 2 is 0.760 bits per heavy atom. The Morgan fingerprint density at radius 3 is 1.48 bits per heavy atom. The minimum Gasteiger partial charge on any atom is -0.0622 e. The topological polar surface area (TPSA) is 0 Å². The second kappa shape index (κ2) is 10.5. The minimum absolute atomic E-state index is 0.0131. The van der Waals surface area contributed by atoms with Crippen molar-refractivity contribution in [3.8, 4) is 44.5 Å². The number of rotatable bonds is 4. The van der Waals surface area contributed by atoms with Gasteiger partial charge < -0.3 is 0 Å².